The normalized spacial score (nSPS) is 21.4. The van der Waals surface area contributed by atoms with E-state index >= 15 is 0 Å². The number of hydrogen-bond donors (Lipinski definition) is 2. The lowest BCUT2D eigenvalue weighted by atomic mass is 9.55. The highest BCUT2D eigenvalue weighted by molar-refractivity contribution is 9.10. The Morgan fingerprint density at radius 1 is 1.15 bits per heavy atom. The average Bonchev–Trinajstić information content (AvgIpc) is 3.11. The molecule has 9 nitrogen and oxygen atoms in total. The summed E-state index contributed by atoms with van der Waals surface area (Å²) in [5, 5.41) is 2.88. The topological polar surface area (TPSA) is 110 Å². The van der Waals surface area contributed by atoms with Gasteiger partial charge in [-0.15, -0.1) is 0 Å². The summed E-state index contributed by atoms with van der Waals surface area (Å²) in [4.78, 5) is 42.4. The number of pyridine rings is 1. The van der Waals surface area contributed by atoms with Crippen molar-refractivity contribution < 1.29 is 23.8 Å². The Morgan fingerprint density at radius 2 is 1.79 bits per heavy atom. The number of halogens is 1. The van der Waals surface area contributed by atoms with Crippen molar-refractivity contribution in [1.29, 1.82) is 0 Å². The number of aromatic nitrogens is 1. The molecule has 2 amide bonds. The van der Waals surface area contributed by atoms with Crippen LogP contribution in [0.2, 0.25) is 0 Å². The molecule has 3 aliphatic rings. The van der Waals surface area contributed by atoms with Gasteiger partial charge < -0.3 is 29.4 Å². The number of amides is 2. The number of nitrogens with one attached hydrogen (secondary N) is 2. The van der Waals surface area contributed by atoms with Crippen LogP contribution >= 0.6 is 15.9 Å². The van der Waals surface area contributed by atoms with Gasteiger partial charge in [-0.1, -0.05) is 0 Å². The third-order valence-corrected chi connectivity index (χ3v) is 8.61. The van der Waals surface area contributed by atoms with Crippen molar-refractivity contribution in [3.63, 3.8) is 0 Å². The first kappa shape index (κ1) is 27.6. The lowest BCUT2D eigenvalue weighted by Gasteiger charge is -2.60. The van der Waals surface area contributed by atoms with Gasteiger partial charge in [0.05, 0.1) is 4.47 Å². The molecule has 0 radical (unpaired) electrons. The Morgan fingerprint density at radius 3 is 2.41 bits per heavy atom. The van der Waals surface area contributed by atoms with Crippen molar-refractivity contribution in [3.8, 4) is 11.5 Å². The van der Waals surface area contributed by atoms with Crippen LogP contribution in [0.25, 0.3) is 0 Å². The van der Waals surface area contributed by atoms with Crippen molar-refractivity contribution in [2.24, 2.45) is 11.3 Å². The number of likely N-dealkylation sites (tertiary alicyclic amines) is 1. The second kappa shape index (κ2) is 9.28. The van der Waals surface area contributed by atoms with Crippen LogP contribution in [-0.4, -0.2) is 46.4 Å². The van der Waals surface area contributed by atoms with E-state index < -0.39 is 11.4 Å². The fourth-order valence-electron chi connectivity index (χ4n) is 5.95. The monoisotopic (exact) mass is 601 g/mol. The standard InChI is InChI=1S/C29H36BrN3O6/c1-15-8-16(2)32-25(35)20(15)12-31-24(34)19-9-21(30)23-22(17(19)3)37-28(7,38-23)18-10-29(11-18)13-33(14-29)26(36)39-27(4,5)6/h8-9,18H,10-14H2,1-7H3,(H,31,34)(H,32,35). The highest BCUT2D eigenvalue weighted by atomic mass is 79.9. The predicted octanol–water partition coefficient (Wildman–Crippen LogP) is 5.13. The summed E-state index contributed by atoms with van der Waals surface area (Å²) in [5.41, 5.74) is 2.63. The molecule has 1 aromatic heterocycles. The van der Waals surface area contributed by atoms with Crippen molar-refractivity contribution >= 4 is 27.9 Å². The molecule has 2 fully saturated rings. The van der Waals surface area contributed by atoms with Crippen molar-refractivity contribution in [2.45, 2.75) is 79.2 Å². The van der Waals surface area contributed by atoms with Gasteiger partial charge >= 0.3 is 6.09 Å². The highest BCUT2D eigenvalue weighted by Crippen LogP contribution is 2.59. The van der Waals surface area contributed by atoms with Crippen LogP contribution in [0, 0.1) is 32.1 Å². The number of aromatic amines is 1. The summed E-state index contributed by atoms with van der Waals surface area (Å²) < 4.78 is 18.9. The summed E-state index contributed by atoms with van der Waals surface area (Å²) in [6, 6.07) is 3.62. The molecule has 1 saturated heterocycles. The number of fused-ring (bicyclic) bond motifs is 1. The minimum absolute atomic E-state index is 0.0787. The second-order valence-electron chi connectivity index (χ2n) is 12.5. The molecule has 39 heavy (non-hydrogen) atoms. The van der Waals surface area contributed by atoms with Crippen LogP contribution in [0.1, 0.15) is 73.3 Å². The summed E-state index contributed by atoms with van der Waals surface area (Å²) in [7, 11) is 0. The minimum atomic E-state index is -0.866. The van der Waals surface area contributed by atoms with E-state index in [-0.39, 0.29) is 35.4 Å². The van der Waals surface area contributed by atoms with Gasteiger partial charge in [0.25, 0.3) is 17.3 Å². The van der Waals surface area contributed by atoms with Crippen LogP contribution in [0.5, 0.6) is 11.5 Å². The first-order valence-electron chi connectivity index (χ1n) is 13.3. The lowest BCUT2D eigenvalue weighted by molar-refractivity contribution is -0.198. The minimum Gasteiger partial charge on any atom is -0.448 e. The number of rotatable bonds is 4. The Kier molecular flexibility index (Phi) is 6.56. The van der Waals surface area contributed by atoms with Gasteiger partial charge in [0, 0.05) is 60.3 Å². The number of carbonyl (C=O) groups excluding carboxylic acids is 2. The number of ether oxygens (including phenoxy) is 3. The van der Waals surface area contributed by atoms with Crippen LogP contribution < -0.4 is 20.3 Å². The van der Waals surface area contributed by atoms with Crippen molar-refractivity contribution in [1.82, 2.24) is 15.2 Å². The number of hydrogen-bond acceptors (Lipinski definition) is 6. The molecule has 1 aliphatic carbocycles. The molecule has 2 aliphatic heterocycles. The molecule has 1 spiro atoms. The van der Waals surface area contributed by atoms with Crippen molar-refractivity contribution in [3.05, 3.63) is 54.9 Å². The van der Waals surface area contributed by atoms with E-state index in [0.29, 0.717) is 45.8 Å². The van der Waals surface area contributed by atoms with Gasteiger partial charge in [0.2, 0.25) is 0 Å². The third kappa shape index (κ3) is 5.03. The highest BCUT2D eigenvalue weighted by Gasteiger charge is 2.62. The molecule has 2 aromatic rings. The summed E-state index contributed by atoms with van der Waals surface area (Å²) in [5.74, 6) is 0.111. The van der Waals surface area contributed by atoms with E-state index in [1.807, 2.05) is 54.5 Å². The van der Waals surface area contributed by atoms with Crippen molar-refractivity contribution in [2.75, 3.05) is 13.1 Å². The summed E-state index contributed by atoms with van der Waals surface area (Å²) in [6.45, 7) is 14.5. The molecule has 5 rings (SSSR count). The molecule has 1 atom stereocenters. The number of benzene rings is 1. The van der Waals surface area contributed by atoms with Crippen LogP contribution in [-0.2, 0) is 11.3 Å². The molecule has 1 unspecified atom stereocenters. The smallest absolute Gasteiger partial charge is 0.410 e. The zero-order valence-corrected chi connectivity index (χ0v) is 25.1. The largest absolute Gasteiger partial charge is 0.448 e. The first-order chi connectivity index (χ1) is 18.1. The maximum atomic E-state index is 13.2. The maximum Gasteiger partial charge on any atom is 0.410 e. The molecular weight excluding hydrogens is 566 g/mol. The number of H-pyrrole nitrogens is 1. The van der Waals surface area contributed by atoms with Crippen LogP contribution in [0.4, 0.5) is 4.79 Å². The molecule has 0 bridgehead atoms. The van der Waals surface area contributed by atoms with Gasteiger partial charge in [-0.2, -0.15) is 0 Å². The Hall–Kier alpha value is -3.01. The lowest BCUT2D eigenvalue weighted by Crippen LogP contribution is -2.67. The maximum absolute atomic E-state index is 13.2. The molecule has 1 saturated carbocycles. The Labute approximate surface area is 236 Å². The van der Waals surface area contributed by atoms with Crippen LogP contribution in [0.3, 0.4) is 0 Å². The van der Waals surface area contributed by atoms with Gasteiger partial charge in [-0.25, -0.2) is 4.79 Å². The molecule has 3 heterocycles. The van der Waals surface area contributed by atoms with E-state index in [0.717, 1.165) is 24.1 Å². The quantitative estimate of drug-likeness (QED) is 0.503. The molecule has 2 N–H and O–H groups in total. The molecule has 1 aromatic carbocycles. The van der Waals surface area contributed by atoms with E-state index in [1.54, 1.807) is 11.0 Å². The zero-order chi connectivity index (χ0) is 28.5. The molecule has 210 valence electrons. The van der Waals surface area contributed by atoms with E-state index in [9.17, 15) is 14.4 Å². The van der Waals surface area contributed by atoms with Gasteiger partial charge in [-0.05, 0) is 88.0 Å². The third-order valence-electron chi connectivity index (χ3n) is 8.02. The van der Waals surface area contributed by atoms with E-state index in [4.69, 9.17) is 14.2 Å². The second-order valence-corrected chi connectivity index (χ2v) is 13.3. The number of aryl methyl sites for hydroxylation is 2. The predicted molar refractivity (Wildman–Crippen MR) is 149 cm³/mol. The number of nitrogens with zero attached hydrogens (tertiary/aromatic N) is 1. The Balaban J connectivity index is 1.24. The fraction of sp³-hybridized carbons (Fsp3) is 0.552. The van der Waals surface area contributed by atoms with Gasteiger partial charge in [-0.3, -0.25) is 9.59 Å². The first-order valence-corrected chi connectivity index (χ1v) is 14.1. The van der Waals surface area contributed by atoms with Gasteiger partial charge in [0.15, 0.2) is 11.5 Å². The molecular formula is C29H36BrN3O6. The average molecular weight is 603 g/mol. The molecule has 10 heteroatoms. The zero-order valence-electron chi connectivity index (χ0n) is 23.5. The summed E-state index contributed by atoms with van der Waals surface area (Å²) in [6.07, 6.45) is 1.49. The van der Waals surface area contributed by atoms with E-state index in [2.05, 4.69) is 26.2 Å². The van der Waals surface area contributed by atoms with Crippen LogP contribution in [0.15, 0.2) is 21.4 Å². The van der Waals surface area contributed by atoms with Gasteiger partial charge in [0.1, 0.15) is 5.60 Å². The Bertz CT molecular complexity index is 1410. The van der Waals surface area contributed by atoms with E-state index in [1.165, 1.54) is 0 Å². The SMILES string of the molecule is Cc1cc(C)c(CNC(=O)c2cc(Br)c3c(c2C)OC(C)(C2CC4(C2)CN(C(=O)OC(C)(C)C)C4)O3)c(=O)[nH]1. The fourth-order valence-corrected chi connectivity index (χ4v) is 6.44. The number of carbonyl (C=O) groups is 2. The summed E-state index contributed by atoms with van der Waals surface area (Å²) >= 11 is 3.57.